The number of aromatic nitrogens is 4. The van der Waals surface area contributed by atoms with Gasteiger partial charge in [-0.15, -0.1) is 20.4 Å². The summed E-state index contributed by atoms with van der Waals surface area (Å²) >= 11 is 0. The fourth-order valence-corrected chi connectivity index (χ4v) is 12.9. The van der Waals surface area contributed by atoms with Gasteiger partial charge < -0.3 is 53.7 Å². The van der Waals surface area contributed by atoms with Crippen LogP contribution in [0, 0.1) is 35.5 Å². The van der Waals surface area contributed by atoms with Crippen molar-refractivity contribution < 1.29 is 76.7 Å². The van der Waals surface area contributed by atoms with Crippen molar-refractivity contribution in [2.45, 2.75) is 170 Å². The van der Waals surface area contributed by atoms with Gasteiger partial charge in [-0.25, -0.2) is 9.59 Å². The summed E-state index contributed by atoms with van der Waals surface area (Å²) < 4.78 is 29.0. The molecule has 10 atom stereocenters. The molecule has 26 nitrogen and oxygen atoms in total. The van der Waals surface area contributed by atoms with Gasteiger partial charge in [0.2, 0.25) is 23.5 Å². The number of aliphatic hydroxyl groups is 1. The van der Waals surface area contributed by atoms with Crippen LogP contribution in [0.15, 0.2) is 91.0 Å². The molecule has 7 amide bonds. The van der Waals surface area contributed by atoms with E-state index in [9.17, 15) is 53.1 Å². The van der Waals surface area contributed by atoms with Crippen LogP contribution in [0.5, 0.6) is 5.75 Å². The number of methoxy groups -OCH3 is 2. The highest BCUT2D eigenvalue weighted by atomic mass is 16.6. The van der Waals surface area contributed by atoms with E-state index in [1.807, 2.05) is 85.7 Å². The molecule has 4 aromatic rings. The van der Waals surface area contributed by atoms with Crippen molar-refractivity contribution in [3.63, 3.8) is 0 Å². The van der Waals surface area contributed by atoms with Crippen molar-refractivity contribution in [3.05, 3.63) is 114 Å². The fourth-order valence-electron chi connectivity index (χ4n) is 12.9. The molecule has 0 spiro atoms. The van der Waals surface area contributed by atoms with Gasteiger partial charge in [0.15, 0.2) is 11.6 Å². The van der Waals surface area contributed by atoms with Crippen molar-refractivity contribution in [1.29, 1.82) is 0 Å². The molecule has 0 aliphatic carbocycles. The highest BCUT2D eigenvalue weighted by Gasteiger charge is 2.44. The zero-order valence-corrected chi connectivity index (χ0v) is 60.2. The summed E-state index contributed by atoms with van der Waals surface area (Å²) in [5.74, 6) is -4.10. The van der Waals surface area contributed by atoms with Gasteiger partial charge in [-0.3, -0.25) is 43.3 Å². The lowest BCUT2D eigenvalue weighted by Crippen LogP contribution is -2.54. The molecular formula is C74H102N10O16. The number of hydrogen-bond acceptors (Lipinski definition) is 20. The Bertz CT molecular complexity index is 3410. The number of carbonyl (C=O) groups excluding carboxylic acids is 10. The Morgan fingerprint density at radius 3 is 2.02 bits per heavy atom. The number of hydrogen-bond donors (Lipinski definition) is 2. The predicted molar refractivity (Wildman–Crippen MR) is 370 cm³/mol. The number of Topliss-reactive ketones (excluding diaryl/α,β-unsaturated/α-hetero) is 3. The maximum atomic E-state index is 14.9. The van der Waals surface area contributed by atoms with Crippen LogP contribution in [0.3, 0.4) is 0 Å². The third kappa shape index (κ3) is 22.6. The van der Waals surface area contributed by atoms with E-state index in [1.54, 1.807) is 79.4 Å². The molecule has 544 valence electrons. The van der Waals surface area contributed by atoms with E-state index >= 15 is 0 Å². The number of carbonyl (C=O) groups is 10. The molecule has 0 bridgehead atoms. The fraction of sp³-hybridized carbons (Fsp3) is 0.568. The smallest absolute Gasteiger partial charge is 0.415 e. The minimum absolute atomic E-state index is 0.0167. The van der Waals surface area contributed by atoms with Crippen molar-refractivity contribution in [2.75, 3.05) is 67.7 Å². The van der Waals surface area contributed by atoms with Crippen molar-refractivity contribution in [2.24, 2.45) is 35.5 Å². The number of benzene rings is 3. The summed E-state index contributed by atoms with van der Waals surface area (Å²) in [6.45, 7) is 17.8. The second kappa shape index (κ2) is 39.3. The first kappa shape index (κ1) is 80.3. The Morgan fingerprint density at radius 2 is 1.40 bits per heavy atom. The van der Waals surface area contributed by atoms with Gasteiger partial charge in [-0.1, -0.05) is 122 Å². The van der Waals surface area contributed by atoms with Crippen LogP contribution in [-0.2, 0) is 76.9 Å². The number of rotatable bonds is 40. The van der Waals surface area contributed by atoms with Crippen LogP contribution >= 0.6 is 0 Å². The number of nitrogens with one attached hydrogen (secondary N) is 1. The van der Waals surface area contributed by atoms with E-state index < -0.39 is 66.2 Å². The van der Waals surface area contributed by atoms with Gasteiger partial charge in [0.25, 0.3) is 11.8 Å². The molecule has 3 aromatic carbocycles. The monoisotopic (exact) mass is 1390 g/mol. The van der Waals surface area contributed by atoms with E-state index in [0.29, 0.717) is 42.5 Å². The first-order chi connectivity index (χ1) is 47.7. The molecule has 0 radical (unpaired) electrons. The average molecular weight is 1390 g/mol. The average Bonchev–Trinajstić information content (AvgIpc) is 1.36. The van der Waals surface area contributed by atoms with Crippen LogP contribution in [-0.4, -0.2) is 207 Å². The second-order valence-corrected chi connectivity index (χ2v) is 26.7. The van der Waals surface area contributed by atoms with Crippen LogP contribution < -0.4 is 10.1 Å². The Labute approximate surface area is 587 Å². The van der Waals surface area contributed by atoms with Crippen LogP contribution in [0.4, 0.5) is 9.59 Å². The van der Waals surface area contributed by atoms with Crippen LogP contribution in [0.1, 0.15) is 142 Å². The summed E-state index contributed by atoms with van der Waals surface area (Å²) in [5.41, 5.74) is 2.59. The van der Waals surface area contributed by atoms with Crippen molar-refractivity contribution in [1.82, 2.24) is 50.2 Å². The van der Waals surface area contributed by atoms with Gasteiger partial charge >= 0.3 is 12.2 Å². The summed E-state index contributed by atoms with van der Waals surface area (Å²) in [6.07, 6.45) is 0.874. The lowest BCUT2D eigenvalue weighted by atomic mass is 9.83. The molecule has 0 saturated carbocycles. The Balaban J connectivity index is 0.959. The largest absolute Gasteiger partial charge is 0.445 e. The zero-order valence-electron chi connectivity index (χ0n) is 60.2. The Hall–Kier alpha value is -8.72. The third-order valence-electron chi connectivity index (χ3n) is 18.9. The highest BCUT2D eigenvalue weighted by Crippen LogP contribution is 2.34. The number of ether oxygens (including phenoxy) is 5. The number of likely N-dealkylation sites (N-methyl/N-ethyl adjacent to an activating group) is 2. The van der Waals surface area contributed by atoms with Crippen LogP contribution in [0.2, 0.25) is 0 Å². The predicted octanol–water partition coefficient (Wildman–Crippen LogP) is 7.98. The quantitative estimate of drug-likeness (QED) is 0.0315. The number of ketones is 3. The van der Waals surface area contributed by atoms with Gasteiger partial charge in [0, 0.05) is 116 Å². The lowest BCUT2D eigenvalue weighted by Gasteiger charge is -2.41. The maximum Gasteiger partial charge on any atom is 0.415 e. The molecule has 3 heterocycles. The molecule has 0 unspecified atom stereocenters. The number of nitrogens with zero attached hydrogens (tertiary/aromatic N) is 9. The Morgan fingerprint density at radius 1 is 0.720 bits per heavy atom. The van der Waals surface area contributed by atoms with E-state index in [2.05, 4.69) is 25.7 Å². The molecule has 6 rings (SSSR count). The second-order valence-electron chi connectivity index (χ2n) is 26.7. The highest BCUT2D eigenvalue weighted by molar-refractivity contribution is 6.13. The van der Waals surface area contributed by atoms with Gasteiger partial charge in [-0.05, 0) is 78.3 Å². The number of amides is 7. The summed E-state index contributed by atoms with van der Waals surface area (Å²) in [7, 11) is 6.27. The minimum Gasteiger partial charge on any atom is -0.445 e. The van der Waals surface area contributed by atoms with E-state index in [-0.39, 0.29) is 167 Å². The molecular weight excluding hydrogens is 1280 g/mol. The first-order valence-corrected chi connectivity index (χ1v) is 34.6. The number of likely N-dealkylation sites (tertiary alicyclic amines) is 1. The number of imide groups is 1. The van der Waals surface area contributed by atoms with Crippen molar-refractivity contribution in [3.8, 4) is 17.1 Å². The molecule has 2 aliphatic rings. The maximum absolute atomic E-state index is 14.9. The summed E-state index contributed by atoms with van der Waals surface area (Å²) in [6, 6.07) is 20.8. The SMILES string of the molecule is CC[C@H](C)[C@@H]([C@@H](CC(=O)N1CCC[C@H]1[C@H](OC)[C@@H](C)C(=O)C[C@H](C)[C@@H](O)c1ccccc1)OC)N(C)C(=O)[C@@H](CC(=O)[C@H](C(C)C)N(C)C(=O)OCc1ccc(OC(=O)N(CC)Cc2nnc(-c3cccc(CC(=O)CCOCCNC(=O)CCN4C(=O)C=CC4=O)c3)nn2)cc1)C(C)C. The normalized spacial score (nSPS) is 16.5. The van der Waals surface area contributed by atoms with Crippen molar-refractivity contribution >= 4 is 59.1 Å². The molecule has 1 fully saturated rings. The van der Waals surface area contributed by atoms with Gasteiger partial charge in [0.1, 0.15) is 23.9 Å². The first-order valence-electron chi connectivity index (χ1n) is 34.6. The lowest BCUT2D eigenvalue weighted by molar-refractivity contribution is -0.149. The summed E-state index contributed by atoms with van der Waals surface area (Å²) in [4.78, 5) is 140. The van der Waals surface area contributed by atoms with E-state index in [4.69, 9.17) is 23.7 Å². The molecule has 100 heavy (non-hydrogen) atoms. The van der Waals surface area contributed by atoms with E-state index in [0.717, 1.165) is 22.6 Å². The van der Waals surface area contributed by atoms with Gasteiger partial charge in [-0.2, -0.15) is 0 Å². The standard InChI is InChI=1S/C74H102N10O16/c1-14-48(7)68(61(96-12)43-66(91)83-35-20-25-58(83)70(97-13)50(9)59(86)39-49(8)69(92)53-22-17-16-18-23-53)80(10)72(93)57(46(3)4)42-60(87)67(47(5)6)81(11)73(94)99-45-51-26-28-56(29-27-51)100-74(95)82(15-2)44-62-76-78-71(79-77-62)54-24-19-21-52(40-54)41-55(85)33-37-98-38-34-75-63(88)32-36-84-64(89)30-31-65(84)90/h16-19,21-24,26-31,40,46-50,57-58,61,67-70,92H,14-15,20,25,32-39,41-45H2,1-13H3,(H,75,88)/t48-,49-,50-,57-,58-,61+,67-,68-,69+,70+/m0/s1. The third-order valence-corrected chi connectivity index (χ3v) is 18.9. The minimum atomic E-state index is -0.948. The van der Waals surface area contributed by atoms with Gasteiger partial charge in [0.05, 0.1) is 62.6 Å². The molecule has 1 saturated heterocycles. The Kier molecular flexibility index (Phi) is 31.6. The molecule has 26 heteroatoms. The summed E-state index contributed by atoms with van der Waals surface area (Å²) in [5, 5.41) is 30.5. The van der Waals surface area contributed by atoms with Crippen LogP contribution in [0.25, 0.3) is 11.4 Å². The topological polar surface area (TPSA) is 317 Å². The molecule has 1 aromatic heterocycles. The number of aliphatic hydroxyl groups excluding tert-OH is 1. The zero-order chi connectivity index (χ0) is 73.3. The molecule has 2 aliphatic heterocycles. The molecule has 2 N–H and O–H groups in total. The van der Waals surface area contributed by atoms with E-state index in [1.165, 1.54) is 24.0 Å².